The van der Waals surface area contributed by atoms with E-state index in [0.29, 0.717) is 11.4 Å². The van der Waals surface area contributed by atoms with E-state index >= 15 is 0 Å². The lowest BCUT2D eigenvalue weighted by atomic mass is 9.85. The van der Waals surface area contributed by atoms with Gasteiger partial charge in [0.15, 0.2) is 5.82 Å². The lowest BCUT2D eigenvalue weighted by Crippen LogP contribution is -2.37. The van der Waals surface area contributed by atoms with Crippen molar-refractivity contribution in [2.24, 2.45) is 0 Å². The second-order valence-corrected chi connectivity index (χ2v) is 6.80. The van der Waals surface area contributed by atoms with Crippen LogP contribution in [0.5, 0.6) is 0 Å². The zero-order valence-corrected chi connectivity index (χ0v) is 16.0. The molecule has 1 atom stereocenters. The second-order valence-electron chi connectivity index (χ2n) is 6.80. The van der Waals surface area contributed by atoms with E-state index in [9.17, 15) is 4.79 Å². The molecule has 1 amide bonds. The maximum Gasteiger partial charge on any atom is 0.251 e. The molecule has 6 nitrogen and oxygen atoms in total. The number of carbonyl (C=O) groups is 1. The summed E-state index contributed by atoms with van der Waals surface area (Å²) in [5.74, 6) is 0.432. The van der Waals surface area contributed by atoms with Crippen molar-refractivity contribution in [3.8, 4) is 5.82 Å². The molecule has 0 saturated carbocycles. The van der Waals surface area contributed by atoms with Crippen molar-refractivity contribution in [3.63, 3.8) is 0 Å². The Morgan fingerprint density at radius 1 is 0.966 bits per heavy atom. The first-order valence-electron chi connectivity index (χ1n) is 9.44. The summed E-state index contributed by atoms with van der Waals surface area (Å²) in [6, 6.07) is 23.7. The van der Waals surface area contributed by atoms with Gasteiger partial charge in [0.25, 0.3) is 5.91 Å². The van der Waals surface area contributed by atoms with Crippen molar-refractivity contribution in [2.45, 2.75) is 18.9 Å². The predicted octanol–water partition coefficient (Wildman–Crippen LogP) is 3.61. The van der Waals surface area contributed by atoms with E-state index in [1.165, 1.54) is 11.0 Å². The summed E-state index contributed by atoms with van der Waals surface area (Å²) < 4.78 is 1.52. The SMILES string of the molecule is CC(NC(=O)c1ccnc(-n2cncn2)c1)C(c1ccccc1)c1ccccc1. The number of carbonyl (C=O) groups excluding carboxylic acids is 1. The lowest BCUT2D eigenvalue weighted by Gasteiger charge is -2.26. The number of pyridine rings is 1. The van der Waals surface area contributed by atoms with Crippen LogP contribution in [-0.4, -0.2) is 31.7 Å². The van der Waals surface area contributed by atoms with Gasteiger partial charge in [-0.1, -0.05) is 60.7 Å². The molecule has 4 rings (SSSR count). The van der Waals surface area contributed by atoms with Gasteiger partial charge in [-0.2, -0.15) is 5.10 Å². The summed E-state index contributed by atoms with van der Waals surface area (Å²) >= 11 is 0. The Bertz CT molecular complexity index is 1030. The zero-order chi connectivity index (χ0) is 20.1. The molecule has 2 heterocycles. The number of hydrogen-bond acceptors (Lipinski definition) is 4. The van der Waals surface area contributed by atoms with E-state index in [4.69, 9.17) is 0 Å². The Kier molecular flexibility index (Phi) is 5.42. The van der Waals surface area contributed by atoms with Crippen molar-refractivity contribution in [1.29, 1.82) is 0 Å². The largest absolute Gasteiger partial charge is 0.349 e. The summed E-state index contributed by atoms with van der Waals surface area (Å²) in [5.41, 5.74) is 2.84. The first-order chi connectivity index (χ1) is 14.2. The highest BCUT2D eigenvalue weighted by Crippen LogP contribution is 2.28. The van der Waals surface area contributed by atoms with Gasteiger partial charge in [0.1, 0.15) is 12.7 Å². The van der Waals surface area contributed by atoms with Gasteiger partial charge in [-0.3, -0.25) is 4.79 Å². The number of hydrogen-bond donors (Lipinski definition) is 1. The first-order valence-corrected chi connectivity index (χ1v) is 9.44. The molecule has 144 valence electrons. The van der Waals surface area contributed by atoms with Gasteiger partial charge < -0.3 is 5.32 Å². The third-order valence-corrected chi connectivity index (χ3v) is 4.84. The zero-order valence-electron chi connectivity index (χ0n) is 16.0. The highest BCUT2D eigenvalue weighted by Gasteiger charge is 2.23. The summed E-state index contributed by atoms with van der Waals surface area (Å²) in [7, 11) is 0. The summed E-state index contributed by atoms with van der Waals surface area (Å²) in [6.45, 7) is 2.03. The van der Waals surface area contributed by atoms with Crippen molar-refractivity contribution >= 4 is 5.91 Å². The predicted molar refractivity (Wildman–Crippen MR) is 111 cm³/mol. The molecule has 1 N–H and O–H groups in total. The molecule has 0 bridgehead atoms. The van der Waals surface area contributed by atoms with Crippen LogP contribution < -0.4 is 5.32 Å². The van der Waals surface area contributed by atoms with E-state index in [1.807, 2.05) is 43.3 Å². The number of rotatable bonds is 6. The maximum atomic E-state index is 13.0. The third kappa shape index (κ3) is 4.21. The minimum Gasteiger partial charge on any atom is -0.349 e. The fourth-order valence-corrected chi connectivity index (χ4v) is 3.48. The highest BCUT2D eigenvalue weighted by molar-refractivity contribution is 5.94. The van der Waals surface area contributed by atoms with Crippen molar-refractivity contribution in [1.82, 2.24) is 25.1 Å². The standard InChI is InChI=1S/C23H21N5O/c1-17(22(18-8-4-2-5-9-18)19-10-6-3-7-11-19)27-23(29)20-12-13-25-21(14-20)28-16-24-15-26-28/h2-17,22H,1H3,(H,27,29). The average Bonchev–Trinajstić information content (AvgIpc) is 3.31. The molecule has 2 aromatic carbocycles. The number of nitrogens with zero attached hydrogens (tertiary/aromatic N) is 4. The van der Waals surface area contributed by atoms with Crippen molar-refractivity contribution in [2.75, 3.05) is 0 Å². The van der Waals surface area contributed by atoms with Gasteiger partial charge in [-0.05, 0) is 30.2 Å². The van der Waals surface area contributed by atoms with E-state index in [2.05, 4.69) is 44.6 Å². The fraction of sp³-hybridized carbons (Fsp3) is 0.130. The third-order valence-electron chi connectivity index (χ3n) is 4.84. The van der Waals surface area contributed by atoms with E-state index in [0.717, 1.165) is 11.1 Å². The molecule has 0 aliphatic heterocycles. The Morgan fingerprint density at radius 2 is 1.62 bits per heavy atom. The van der Waals surface area contributed by atoms with Crippen LogP contribution >= 0.6 is 0 Å². The summed E-state index contributed by atoms with van der Waals surface area (Å²) in [4.78, 5) is 21.1. The Morgan fingerprint density at radius 3 is 2.21 bits per heavy atom. The molecule has 2 aromatic heterocycles. The van der Waals surface area contributed by atoms with Crippen LogP contribution in [0.25, 0.3) is 5.82 Å². The molecule has 0 aliphatic rings. The maximum absolute atomic E-state index is 13.0. The topological polar surface area (TPSA) is 72.7 Å². The molecule has 0 saturated heterocycles. The fourth-order valence-electron chi connectivity index (χ4n) is 3.48. The molecule has 0 radical (unpaired) electrons. The monoisotopic (exact) mass is 383 g/mol. The molecule has 1 unspecified atom stereocenters. The highest BCUT2D eigenvalue weighted by atomic mass is 16.1. The molecule has 4 aromatic rings. The number of aromatic nitrogens is 4. The number of amides is 1. The van der Waals surface area contributed by atoms with Gasteiger partial charge in [0.05, 0.1) is 0 Å². The minimum atomic E-state index is -0.155. The van der Waals surface area contributed by atoms with Crippen LogP contribution in [0.3, 0.4) is 0 Å². The summed E-state index contributed by atoms with van der Waals surface area (Å²) in [6.07, 6.45) is 4.58. The van der Waals surface area contributed by atoms with E-state index in [1.54, 1.807) is 24.7 Å². The van der Waals surface area contributed by atoms with Crippen LogP contribution in [0.4, 0.5) is 0 Å². The molecule has 0 aliphatic carbocycles. The molecular formula is C23H21N5O. The van der Waals surface area contributed by atoms with Crippen molar-refractivity contribution < 1.29 is 4.79 Å². The van der Waals surface area contributed by atoms with Gasteiger partial charge in [0, 0.05) is 23.7 Å². The van der Waals surface area contributed by atoms with Gasteiger partial charge in [-0.25, -0.2) is 14.6 Å². The number of benzene rings is 2. The molecule has 29 heavy (non-hydrogen) atoms. The average molecular weight is 383 g/mol. The Balaban J connectivity index is 1.59. The normalized spacial score (nSPS) is 11.9. The smallest absolute Gasteiger partial charge is 0.251 e. The van der Waals surface area contributed by atoms with Crippen LogP contribution in [0.1, 0.15) is 34.3 Å². The molecule has 0 spiro atoms. The van der Waals surface area contributed by atoms with Gasteiger partial charge in [-0.15, -0.1) is 0 Å². The number of nitrogens with one attached hydrogen (secondary N) is 1. The van der Waals surface area contributed by atoms with Crippen LogP contribution in [0.2, 0.25) is 0 Å². The van der Waals surface area contributed by atoms with Crippen molar-refractivity contribution in [3.05, 3.63) is 108 Å². The van der Waals surface area contributed by atoms with Gasteiger partial charge >= 0.3 is 0 Å². The Labute approximate surface area is 169 Å². The second kappa shape index (κ2) is 8.48. The minimum absolute atomic E-state index is 0.0398. The lowest BCUT2D eigenvalue weighted by molar-refractivity contribution is 0.0937. The molecule has 0 fully saturated rings. The van der Waals surface area contributed by atoms with Crippen LogP contribution in [0.15, 0.2) is 91.6 Å². The van der Waals surface area contributed by atoms with E-state index < -0.39 is 0 Å². The quantitative estimate of drug-likeness (QED) is 0.552. The molecule has 6 heteroatoms. The Hall–Kier alpha value is -3.80. The summed E-state index contributed by atoms with van der Waals surface area (Å²) in [5, 5.41) is 7.22. The first kappa shape index (κ1) is 18.6. The van der Waals surface area contributed by atoms with Crippen LogP contribution in [0, 0.1) is 0 Å². The van der Waals surface area contributed by atoms with Gasteiger partial charge in [0.2, 0.25) is 0 Å². The van der Waals surface area contributed by atoms with Crippen LogP contribution in [-0.2, 0) is 0 Å². The van der Waals surface area contributed by atoms with E-state index in [-0.39, 0.29) is 17.9 Å². The molecular weight excluding hydrogens is 362 g/mol.